The molecular weight excluding hydrogens is 470 g/mol. The number of carbonyl (C=O) groups is 2. The fraction of sp³-hybridized carbons (Fsp3) is 0.200. The van der Waals surface area contributed by atoms with Crippen LogP contribution in [0.4, 0.5) is 11.4 Å². The smallest absolute Gasteiger partial charge is 0.253 e. The van der Waals surface area contributed by atoms with Crippen LogP contribution in [0.2, 0.25) is 0 Å². The van der Waals surface area contributed by atoms with E-state index in [9.17, 15) is 18.0 Å². The van der Waals surface area contributed by atoms with Crippen LogP contribution in [-0.4, -0.2) is 47.3 Å². The lowest BCUT2D eigenvalue weighted by Gasteiger charge is -2.23. The number of hydrogen-bond acceptors (Lipinski definition) is 6. The lowest BCUT2D eigenvalue weighted by molar-refractivity contribution is -0.114. The Hall–Kier alpha value is -4.05. The van der Waals surface area contributed by atoms with Crippen molar-refractivity contribution < 1.29 is 27.5 Å². The Morgan fingerprint density at radius 2 is 1.54 bits per heavy atom. The van der Waals surface area contributed by atoms with Crippen LogP contribution in [-0.2, 0) is 21.4 Å². The zero-order chi connectivity index (χ0) is 25.4. The van der Waals surface area contributed by atoms with Gasteiger partial charge in [0, 0.05) is 12.6 Å². The van der Waals surface area contributed by atoms with Crippen molar-refractivity contribution in [2.75, 3.05) is 36.6 Å². The van der Waals surface area contributed by atoms with Crippen molar-refractivity contribution in [3.63, 3.8) is 0 Å². The van der Waals surface area contributed by atoms with Crippen LogP contribution < -0.4 is 24.4 Å². The van der Waals surface area contributed by atoms with E-state index in [1.165, 1.54) is 26.4 Å². The summed E-state index contributed by atoms with van der Waals surface area (Å²) in [5, 5.41) is 5.47. The maximum Gasteiger partial charge on any atom is 0.253 e. The van der Waals surface area contributed by atoms with Gasteiger partial charge in [-0.25, -0.2) is 8.42 Å². The van der Waals surface area contributed by atoms with Crippen molar-refractivity contribution in [3.8, 4) is 11.5 Å². The molecule has 10 heteroatoms. The predicted octanol–water partition coefficient (Wildman–Crippen LogP) is 3.04. The molecule has 0 bridgehead atoms. The second-order valence-electron chi connectivity index (χ2n) is 7.57. The molecule has 3 aromatic rings. The van der Waals surface area contributed by atoms with Gasteiger partial charge in [-0.3, -0.25) is 13.9 Å². The average Bonchev–Trinajstić information content (AvgIpc) is 2.85. The summed E-state index contributed by atoms with van der Waals surface area (Å²) in [6.07, 6.45) is 1.00. The van der Waals surface area contributed by atoms with Crippen molar-refractivity contribution in [2.24, 2.45) is 0 Å². The molecule has 0 spiro atoms. The lowest BCUT2D eigenvalue weighted by atomic mass is 10.1. The van der Waals surface area contributed by atoms with Gasteiger partial charge < -0.3 is 20.1 Å². The van der Waals surface area contributed by atoms with Crippen LogP contribution >= 0.6 is 0 Å². The Labute approximate surface area is 204 Å². The second kappa shape index (κ2) is 11.4. The number of anilines is 2. The summed E-state index contributed by atoms with van der Waals surface area (Å²) in [5.74, 6) is -0.248. The van der Waals surface area contributed by atoms with Gasteiger partial charge >= 0.3 is 0 Å². The maximum absolute atomic E-state index is 12.9. The third-order valence-corrected chi connectivity index (χ3v) is 6.22. The van der Waals surface area contributed by atoms with E-state index >= 15 is 0 Å². The average molecular weight is 498 g/mol. The molecule has 0 unspecified atom stereocenters. The van der Waals surface area contributed by atoms with Crippen LogP contribution in [0.3, 0.4) is 0 Å². The van der Waals surface area contributed by atoms with Crippen molar-refractivity contribution in [3.05, 3.63) is 83.9 Å². The van der Waals surface area contributed by atoms with E-state index in [0.717, 1.165) is 16.1 Å². The molecule has 0 aliphatic rings. The van der Waals surface area contributed by atoms with E-state index in [-0.39, 0.29) is 22.8 Å². The molecule has 0 saturated heterocycles. The Morgan fingerprint density at radius 1 is 0.886 bits per heavy atom. The van der Waals surface area contributed by atoms with Gasteiger partial charge in [-0.05, 0) is 29.8 Å². The maximum atomic E-state index is 12.9. The Balaban J connectivity index is 1.77. The molecule has 9 nitrogen and oxygen atoms in total. The normalized spacial score (nSPS) is 10.8. The van der Waals surface area contributed by atoms with E-state index in [1.54, 1.807) is 30.3 Å². The fourth-order valence-electron chi connectivity index (χ4n) is 3.36. The molecule has 0 aliphatic carbocycles. The molecule has 0 fully saturated rings. The minimum absolute atomic E-state index is 0.231. The number of sulfonamides is 1. The van der Waals surface area contributed by atoms with Gasteiger partial charge in [0.25, 0.3) is 5.91 Å². The fourth-order valence-corrected chi connectivity index (χ4v) is 4.21. The molecule has 0 saturated carbocycles. The van der Waals surface area contributed by atoms with Crippen molar-refractivity contribution in [1.29, 1.82) is 0 Å². The third-order valence-electron chi connectivity index (χ3n) is 5.08. The van der Waals surface area contributed by atoms with Gasteiger partial charge in [0.2, 0.25) is 15.9 Å². The number of methoxy groups -OCH3 is 2. The first-order valence-electron chi connectivity index (χ1n) is 10.6. The highest BCUT2D eigenvalue weighted by Gasteiger charge is 2.23. The first-order valence-corrected chi connectivity index (χ1v) is 12.5. The number of rotatable bonds is 10. The molecule has 3 aromatic carbocycles. The van der Waals surface area contributed by atoms with Gasteiger partial charge in [0.1, 0.15) is 6.54 Å². The van der Waals surface area contributed by atoms with Gasteiger partial charge in [-0.15, -0.1) is 0 Å². The molecule has 0 aromatic heterocycles. The highest BCUT2D eigenvalue weighted by molar-refractivity contribution is 7.92. The van der Waals surface area contributed by atoms with Gasteiger partial charge in [-0.1, -0.05) is 42.5 Å². The predicted molar refractivity (Wildman–Crippen MR) is 134 cm³/mol. The molecule has 0 radical (unpaired) electrons. The number of benzene rings is 3. The third kappa shape index (κ3) is 6.73. The molecule has 184 valence electrons. The van der Waals surface area contributed by atoms with Crippen molar-refractivity contribution in [2.45, 2.75) is 6.54 Å². The number of amides is 2. The number of ether oxygens (including phenoxy) is 2. The zero-order valence-electron chi connectivity index (χ0n) is 19.6. The van der Waals surface area contributed by atoms with Crippen LogP contribution in [0.15, 0.2) is 72.8 Å². The van der Waals surface area contributed by atoms with Crippen LogP contribution in [0.1, 0.15) is 15.9 Å². The number of nitrogens with zero attached hydrogens (tertiary/aromatic N) is 1. The SMILES string of the molecule is COc1ccc(N(CC(=O)Nc2ccccc2C(=O)NCc2ccccc2)S(C)(=O)=O)cc1OC. The molecule has 0 heterocycles. The van der Waals surface area contributed by atoms with Crippen LogP contribution in [0.25, 0.3) is 0 Å². The molecule has 0 aliphatic heterocycles. The zero-order valence-corrected chi connectivity index (χ0v) is 20.5. The van der Waals surface area contributed by atoms with Gasteiger partial charge in [0.05, 0.1) is 37.4 Å². The summed E-state index contributed by atoms with van der Waals surface area (Å²) in [6, 6.07) is 20.5. The molecule has 2 N–H and O–H groups in total. The summed E-state index contributed by atoms with van der Waals surface area (Å²) in [7, 11) is -0.924. The largest absolute Gasteiger partial charge is 0.493 e. The summed E-state index contributed by atoms with van der Waals surface area (Å²) >= 11 is 0. The first-order chi connectivity index (χ1) is 16.7. The Bertz CT molecular complexity index is 1300. The van der Waals surface area contributed by atoms with Gasteiger partial charge in [-0.2, -0.15) is 0 Å². The highest BCUT2D eigenvalue weighted by Crippen LogP contribution is 2.32. The van der Waals surface area contributed by atoms with Crippen molar-refractivity contribution in [1.82, 2.24) is 5.32 Å². The summed E-state index contributed by atoms with van der Waals surface area (Å²) < 4.78 is 36.3. The number of nitrogens with one attached hydrogen (secondary N) is 2. The summed E-state index contributed by atoms with van der Waals surface area (Å²) in [4.78, 5) is 25.6. The molecule has 3 rings (SSSR count). The molecule has 2 amide bonds. The van der Waals surface area contributed by atoms with E-state index in [0.29, 0.717) is 18.0 Å². The number of hydrogen-bond donors (Lipinski definition) is 2. The molecular formula is C25H27N3O6S. The highest BCUT2D eigenvalue weighted by atomic mass is 32.2. The summed E-state index contributed by atoms with van der Waals surface area (Å²) in [5.41, 5.74) is 1.69. The quantitative estimate of drug-likeness (QED) is 0.445. The van der Waals surface area contributed by atoms with E-state index in [1.807, 2.05) is 30.3 Å². The summed E-state index contributed by atoms with van der Waals surface area (Å²) in [6.45, 7) is -0.183. The Morgan fingerprint density at radius 3 is 2.20 bits per heavy atom. The van der Waals surface area contributed by atoms with Crippen LogP contribution in [0, 0.1) is 0 Å². The van der Waals surface area contributed by atoms with Crippen LogP contribution in [0.5, 0.6) is 11.5 Å². The molecule has 35 heavy (non-hydrogen) atoms. The minimum Gasteiger partial charge on any atom is -0.493 e. The Kier molecular flexibility index (Phi) is 8.32. The lowest BCUT2D eigenvalue weighted by Crippen LogP contribution is -2.37. The van der Waals surface area contributed by atoms with E-state index in [4.69, 9.17) is 9.47 Å². The minimum atomic E-state index is -3.82. The van der Waals surface area contributed by atoms with Gasteiger partial charge in [0.15, 0.2) is 11.5 Å². The topological polar surface area (TPSA) is 114 Å². The van der Waals surface area contributed by atoms with E-state index < -0.39 is 22.5 Å². The standard InChI is InChI=1S/C25H27N3O6S/c1-33-22-14-13-19(15-23(22)34-2)28(35(3,31)32)17-24(29)27-21-12-8-7-11-20(21)25(30)26-16-18-9-5-4-6-10-18/h4-15H,16-17H2,1-3H3,(H,26,30)(H,27,29). The monoisotopic (exact) mass is 497 g/mol. The number of carbonyl (C=O) groups excluding carboxylic acids is 2. The van der Waals surface area contributed by atoms with Crippen molar-refractivity contribution >= 4 is 33.2 Å². The molecule has 0 atom stereocenters. The number of para-hydroxylation sites is 1. The second-order valence-corrected chi connectivity index (χ2v) is 9.48. The first kappa shape index (κ1) is 25.6. The van der Waals surface area contributed by atoms with E-state index in [2.05, 4.69) is 10.6 Å².